The Bertz CT molecular complexity index is 1020. The van der Waals surface area contributed by atoms with Gasteiger partial charge in [0.2, 0.25) is 0 Å². The Kier molecular flexibility index (Phi) is 13.4. The molecule has 1 aromatic carbocycles. The molecule has 0 spiro atoms. The molecule has 0 saturated carbocycles. The van der Waals surface area contributed by atoms with Crippen LogP contribution in [0, 0.1) is 5.92 Å². The summed E-state index contributed by atoms with van der Waals surface area (Å²) < 4.78 is 31.8. The van der Waals surface area contributed by atoms with Gasteiger partial charge in [-0.15, -0.1) is 0 Å². The van der Waals surface area contributed by atoms with Crippen molar-refractivity contribution in [3.05, 3.63) is 23.8 Å². The van der Waals surface area contributed by atoms with Crippen LogP contribution >= 0.6 is 0 Å². The van der Waals surface area contributed by atoms with Crippen LogP contribution in [0.2, 0.25) is 0 Å². The Morgan fingerprint density at radius 3 is 1.85 bits per heavy atom. The van der Waals surface area contributed by atoms with E-state index in [0.29, 0.717) is 24.8 Å². The van der Waals surface area contributed by atoms with Crippen LogP contribution in [0.5, 0.6) is 11.5 Å². The molecule has 11 nitrogen and oxygen atoms in total. The fourth-order valence-corrected chi connectivity index (χ4v) is 2.82. The van der Waals surface area contributed by atoms with Gasteiger partial charge in [0.25, 0.3) is 0 Å². The highest BCUT2D eigenvalue weighted by atomic mass is 16.8. The second-order valence-electron chi connectivity index (χ2n) is 10.9. The summed E-state index contributed by atoms with van der Waals surface area (Å²) >= 11 is 0. The van der Waals surface area contributed by atoms with E-state index in [-0.39, 0.29) is 36.4 Å². The van der Waals surface area contributed by atoms with Gasteiger partial charge in [-0.25, -0.2) is 9.59 Å². The summed E-state index contributed by atoms with van der Waals surface area (Å²) in [5.74, 6) is -1.53. The van der Waals surface area contributed by atoms with Crippen molar-refractivity contribution < 1.29 is 47.6 Å². The summed E-state index contributed by atoms with van der Waals surface area (Å²) in [6.45, 7) is 15.7. The van der Waals surface area contributed by atoms with E-state index < -0.39 is 41.6 Å². The maximum Gasteiger partial charge on any atom is 0.514 e. The zero-order chi connectivity index (χ0) is 30.7. The van der Waals surface area contributed by atoms with Crippen LogP contribution in [-0.2, 0) is 35.0 Å². The fourth-order valence-electron chi connectivity index (χ4n) is 2.82. The lowest BCUT2D eigenvalue weighted by molar-refractivity contribution is -0.161. The van der Waals surface area contributed by atoms with Crippen molar-refractivity contribution >= 4 is 24.2 Å². The van der Waals surface area contributed by atoms with E-state index in [0.717, 1.165) is 0 Å². The average molecular weight is 568 g/mol. The Hall–Kier alpha value is -3.34. The standard InChI is InChI=1S/C29H45NO10/c1-10-18(4)24(31)36-19(5)17-35-25(32)21(30)15-20-13-14-22(37-26(33)39-28(6,7)11-2)23(16-20)38-27(34)40-29(8,9)12-3/h13-14,16,18-19,21H,10-12,15,17,30H2,1-9H3/t18?,19-,21-/m0/s1. The van der Waals surface area contributed by atoms with E-state index in [1.54, 1.807) is 47.6 Å². The first-order valence-electron chi connectivity index (χ1n) is 13.6. The Labute approximate surface area is 236 Å². The lowest BCUT2D eigenvalue weighted by Crippen LogP contribution is -2.36. The summed E-state index contributed by atoms with van der Waals surface area (Å²) in [7, 11) is 0. The Balaban J connectivity index is 2.99. The second kappa shape index (κ2) is 15.4. The highest BCUT2D eigenvalue weighted by Crippen LogP contribution is 2.31. The van der Waals surface area contributed by atoms with E-state index in [2.05, 4.69) is 0 Å². The normalized spacial score (nSPS) is 13.8. The summed E-state index contributed by atoms with van der Waals surface area (Å²) in [5.41, 5.74) is 4.99. The first-order valence-corrected chi connectivity index (χ1v) is 13.6. The summed E-state index contributed by atoms with van der Waals surface area (Å²) in [4.78, 5) is 49.2. The molecular formula is C29H45NO10. The first-order chi connectivity index (χ1) is 18.5. The molecule has 2 N–H and O–H groups in total. The van der Waals surface area contributed by atoms with Gasteiger partial charge in [0.1, 0.15) is 30.0 Å². The number of ether oxygens (including phenoxy) is 6. The molecule has 0 heterocycles. The molecule has 0 radical (unpaired) electrons. The number of carbonyl (C=O) groups excluding carboxylic acids is 4. The topological polar surface area (TPSA) is 150 Å². The van der Waals surface area contributed by atoms with Gasteiger partial charge in [0.15, 0.2) is 11.5 Å². The lowest BCUT2D eigenvalue weighted by Gasteiger charge is -2.24. The highest BCUT2D eigenvalue weighted by molar-refractivity contribution is 5.76. The van der Waals surface area contributed by atoms with Crippen molar-refractivity contribution in [2.45, 2.75) is 111 Å². The third-order valence-corrected chi connectivity index (χ3v) is 6.37. The number of benzene rings is 1. The van der Waals surface area contributed by atoms with Gasteiger partial charge in [-0.3, -0.25) is 9.59 Å². The molecule has 0 aliphatic carbocycles. The van der Waals surface area contributed by atoms with Crippen LogP contribution in [0.1, 0.15) is 87.1 Å². The molecular weight excluding hydrogens is 522 g/mol. The molecule has 1 unspecified atom stereocenters. The number of nitrogens with two attached hydrogens (primary N) is 1. The maximum absolute atomic E-state index is 12.5. The quantitative estimate of drug-likeness (QED) is 0.173. The fraction of sp³-hybridized carbons (Fsp3) is 0.655. The minimum absolute atomic E-state index is 0.0132. The van der Waals surface area contributed by atoms with Crippen LogP contribution in [0.25, 0.3) is 0 Å². The molecule has 11 heteroatoms. The van der Waals surface area contributed by atoms with Gasteiger partial charge in [0.05, 0.1) is 5.92 Å². The molecule has 40 heavy (non-hydrogen) atoms. The zero-order valence-corrected chi connectivity index (χ0v) is 25.2. The number of esters is 2. The van der Waals surface area contributed by atoms with Crippen LogP contribution < -0.4 is 15.2 Å². The van der Waals surface area contributed by atoms with E-state index in [1.165, 1.54) is 12.1 Å². The van der Waals surface area contributed by atoms with Gasteiger partial charge in [-0.05, 0) is 78.0 Å². The molecule has 0 bridgehead atoms. The van der Waals surface area contributed by atoms with Gasteiger partial charge in [-0.2, -0.15) is 0 Å². The predicted octanol–water partition coefficient (Wildman–Crippen LogP) is 5.49. The third kappa shape index (κ3) is 12.2. The van der Waals surface area contributed by atoms with E-state index in [9.17, 15) is 19.2 Å². The molecule has 0 saturated heterocycles. The van der Waals surface area contributed by atoms with Crippen LogP contribution in [-0.4, -0.2) is 54.2 Å². The Morgan fingerprint density at radius 2 is 1.35 bits per heavy atom. The number of hydrogen-bond donors (Lipinski definition) is 1. The van der Waals surface area contributed by atoms with Gasteiger partial charge >= 0.3 is 24.2 Å². The van der Waals surface area contributed by atoms with E-state index in [1.807, 2.05) is 20.8 Å². The number of hydrogen-bond acceptors (Lipinski definition) is 11. The second-order valence-corrected chi connectivity index (χ2v) is 10.9. The van der Waals surface area contributed by atoms with E-state index in [4.69, 9.17) is 34.2 Å². The van der Waals surface area contributed by atoms with Crippen molar-refractivity contribution in [1.82, 2.24) is 0 Å². The molecule has 0 aromatic heterocycles. The molecule has 0 aliphatic rings. The largest absolute Gasteiger partial charge is 0.514 e. The average Bonchev–Trinajstić information content (AvgIpc) is 2.87. The van der Waals surface area contributed by atoms with Crippen molar-refractivity contribution in [3.63, 3.8) is 0 Å². The summed E-state index contributed by atoms with van der Waals surface area (Å²) in [6.07, 6.45) is -0.871. The van der Waals surface area contributed by atoms with Crippen LogP contribution in [0.15, 0.2) is 18.2 Å². The van der Waals surface area contributed by atoms with Gasteiger partial charge in [-0.1, -0.05) is 33.8 Å². The third-order valence-electron chi connectivity index (χ3n) is 6.37. The molecule has 226 valence electrons. The predicted molar refractivity (Wildman–Crippen MR) is 147 cm³/mol. The smallest absolute Gasteiger partial charge is 0.461 e. The van der Waals surface area contributed by atoms with Crippen molar-refractivity contribution in [2.24, 2.45) is 11.7 Å². The van der Waals surface area contributed by atoms with Crippen LogP contribution in [0.4, 0.5) is 9.59 Å². The lowest BCUT2D eigenvalue weighted by atomic mass is 10.1. The molecule has 1 rings (SSSR count). The summed E-state index contributed by atoms with van der Waals surface area (Å²) in [5, 5.41) is 0. The van der Waals surface area contributed by atoms with Crippen molar-refractivity contribution in [3.8, 4) is 11.5 Å². The highest BCUT2D eigenvalue weighted by Gasteiger charge is 2.27. The summed E-state index contributed by atoms with van der Waals surface area (Å²) in [6, 6.07) is 3.30. The van der Waals surface area contributed by atoms with E-state index >= 15 is 0 Å². The maximum atomic E-state index is 12.5. The number of carbonyl (C=O) groups is 4. The van der Waals surface area contributed by atoms with Gasteiger partial charge < -0.3 is 34.2 Å². The Morgan fingerprint density at radius 1 is 0.825 bits per heavy atom. The first kappa shape index (κ1) is 34.7. The molecule has 3 atom stereocenters. The van der Waals surface area contributed by atoms with Crippen molar-refractivity contribution in [1.29, 1.82) is 0 Å². The number of rotatable bonds is 14. The minimum atomic E-state index is -1.07. The minimum Gasteiger partial charge on any atom is -0.461 e. The van der Waals surface area contributed by atoms with Crippen LogP contribution in [0.3, 0.4) is 0 Å². The molecule has 1 aromatic rings. The SMILES string of the molecule is CCC(C)C(=O)O[C@@H](C)COC(=O)[C@@H](N)Cc1ccc(OC(=O)OC(C)(C)CC)c(OC(=O)OC(C)(C)CC)c1. The molecule has 0 aliphatic heterocycles. The van der Waals surface area contributed by atoms with Crippen molar-refractivity contribution in [2.75, 3.05) is 6.61 Å². The molecule has 0 fully saturated rings. The zero-order valence-electron chi connectivity index (χ0n) is 25.2. The molecule has 0 amide bonds. The van der Waals surface area contributed by atoms with Gasteiger partial charge in [0, 0.05) is 0 Å². The monoisotopic (exact) mass is 567 g/mol.